The minimum absolute atomic E-state index is 0.00980. The Labute approximate surface area is 202 Å². The molecule has 1 amide bonds. The van der Waals surface area contributed by atoms with Crippen molar-refractivity contribution in [1.82, 2.24) is 15.3 Å². The second-order valence-corrected chi connectivity index (χ2v) is 9.82. The molecule has 0 fully saturated rings. The van der Waals surface area contributed by atoms with Crippen molar-refractivity contribution in [3.05, 3.63) is 82.1 Å². The lowest BCUT2D eigenvalue weighted by molar-refractivity contribution is -0.141. The molecule has 7 heteroatoms. The summed E-state index contributed by atoms with van der Waals surface area (Å²) in [4.78, 5) is 33.4. The number of ether oxygens (including phenoxy) is 1. The van der Waals surface area contributed by atoms with E-state index in [1.807, 2.05) is 48.5 Å². The van der Waals surface area contributed by atoms with Crippen LogP contribution in [-0.4, -0.2) is 35.0 Å². The van der Waals surface area contributed by atoms with Crippen LogP contribution in [0.3, 0.4) is 0 Å². The Morgan fingerprint density at radius 2 is 1.61 bits per heavy atom. The quantitative estimate of drug-likeness (QED) is 0.447. The molecule has 0 aliphatic carbocycles. The average molecular weight is 510 g/mol. The van der Waals surface area contributed by atoms with E-state index < -0.39 is 6.04 Å². The molecule has 0 bridgehead atoms. The maximum atomic E-state index is 12.9. The van der Waals surface area contributed by atoms with E-state index in [1.54, 1.807) is 12.4 Å². The molecule has 0 radical (unpaired) electrons. The van der Waals surface area contributed by atoms with Gasteiger partial charge in [0.25, 0.3) is 5.91 Å². The number of rotatable bonds is 7. The van der Waals surface area contributed by atoms with E-state index in [4.69, 9.17) is 4.74 Å². The zero-order valence-corrected chi connectivity index (χ0v) is 20.8. The van der Waals surface area contributed by atoms with E-state index in [0.29, 0.717) is 17.8 Å². The van der Waals surface area contributed by atoms with Gasteiger partial charge in [0.15, 0.2) is 5.82 Å². The van der Waals surface area contributed by atoms with Crippen molar-refractivity contribution in [3.8, 4) is 11.4 Å². The molecule has 0 saturated carbocycles. The number of hydrogen-bond donors (Lipinski definition) is 1. The van der Waals surface area contributed by atoms with Gasteiger partial charge in [-0.05, 0) is 51.0 Å². The predicted octanol–water partition coefficient (Wildman–Crippen LogP) is 5.11. The normalized spacial score (nSPS) is 12.2. The molecule has 6 nitrogen and oxygen atoms in total. The van der Waals surface area contributed by atoms with Gasteiger partial charge in [0.05, 0.1) is 18.0 Å². The molecule has 1 heterocycles. The molecule has 3 rings (SSSR count). The van der Waals surface area contributed by atoms with Gasteiger partial charge in [-0.15, -0.1) is 0 Å². The third-order valence-corrected chi connectivity index (χ3v) is 5.71. The number of nitrogens with zero attached hydrogens (tertiary/aromatic N) is 2. The molecule has 0 aliphatic rings. The number of benzene rings is 2. The summed E-state index contributed by atoms with van der Waals surface area (Å²) in [5, 5.41) is 2.99. The summed E-state index contributed by atoms with van der Waals surface area (Å²) in [5.41, 5.74) is 3.59. The molecule has 3 aromatic rings. The number of hydrogen-bond acceptors (Lipinski definition) is 5. The first-order valence-electron chi connectivity index (χ1n) is 10.7. The highest BCUT2D eigenvalue weighted by Crippen LogP contribution is 2.22. The maximum absolute atomic E-state index is 12.9. The van der Waals surface area contributed by atoms with Crippen LogP contribution in [0, 0.1) is 0 Å². The molecule has 2 aromatic carbocycles. The van der Waals surface area contributed by atoms with Crippen LogP contribution in [0.15, 0.2) is 65.4 Å². The summed E-state index contributed by atoms with van der Waals surface area (Å²) in [6.45, 7) is 6.38. The highest BCUT2D eigenvalue weighted by atomic mass is 79.9. The topological polar surface area (TPSA) is 81.2 Å². The molecule has 0 aliphatic heterocycles. The molecule has 172 valence electrons. The number of halogens is 1. The third-order valence-electron chi connectivity index (χ3n) is 5.30. The minimum Gasteiger partial charge on any atom is -0.469 e. The predicted molar refractivity (Wildman–Crippen MR) is 132 cm³/mol. The zero-order valence-electron chi connectivity index (χ0n) is 19.3. The first-order chi connectivity index (χ1) is 15.7. The van der Waals surface area contributed by atoms with Crippen molar-refractivity contribution >= 4 is 27.8 Å². The van der Waals surface area contributed by atoms with Crippen molar-refractivity contribution in [2.24, 2.45) is 0 Å². The van der Waals surface area contributed by atoms with Gasteiger partial charge in [-0.2, -0.15) is 0 Å². The van der Waals surface area contributed by atoms with Crippen molar-refractivity contribution in [1.29, 1.82) is 0 Å². The van der Waals surface area contributed by atoms with Crippen molar-refractivity contribution in [2.75, 3.05) is 7.11 Å². The number of carbonyl (C=O) groups excluding carboxylic acids is 2. The molecule has 1 aromatic heterocycles. The Hall–Kier alpha value is -3.06. The Morgan fingerprint density at radius 3 is 2.15 bits per heavy atom. The Bertz CT molecular complexity index is 1090. The van der Waals surface area contributed by atoms with Gasteiger partial charge in [0.1, 0.15) is 0 Å². The largest absolute Gasteiger partial charge is 0.469 e. The summed E-state index contributed by atoms with van der Waals surface area (Å²) in [6, 6.07) is 14.9. The molecule has 1 N–H and O–H groups in total. The van der Waals surface area contributed by atoms with Gasteiger partial charge in [-0.1, -0.05) is 57.2 Å². The van der Waals surface area contributed by atoms with Crippen LogP contribution in [0.4, 0.5) is 0 Å². The Kier molecular flexibility index (Phi) is 7.97. The van der Waals surface area contributed by atoms with Crippen LogP contribution in [0.25, 0.3) is 11.4 Å². The standard InChI is InChI=1S/C26H28BrN3O3/c1-26(2,3)20-11-9-19(10-12-20)25(32)30-22(14-23(31)33-4)13-17-5-7-18(8-6-17)24-28-15-21(27)16-29-24/h5-12,15-16,22H,13-14H2,1-4H3,(H,30,32). The monoisotopic (exact) mass is 509 g/mol. The van der Waals surface area contributed by atoms with Crippen LogP contribution in [0.5, 0.6) is 0 Å². The number of methoxy groups -OCH3 is 1. The lowest BCUT2D eigenvalue weighted by atomic mass is 9.86. The fourth-order valence-corrected chi connectivity index (χ4v) is 3.59. The fourth-order valence-electron chi connectivity index (χ4n) is 3.38. The zero-order chi connectivity index (χ0) is 24.0. The van der Waals surface area contributed by atoms with E-state index in [-0.39, 0.29) is 23.7 Å². The Morgan fingerprint density at radius 1 is 1.00 bits per heavy atom. The van der Waals surface area contributed by atoms with E-state index in [9.17, 15) is 9.59 Å². The minimum atomic E-state index is -0.401. The molecule has 33 heavy (non-hydrogen) atoms. The molecular formula is C26H28BrN3O3. The first-order valence-corrected chi connectivity index (χ1v) is 11.5. The van der Waals surface area contributed by atoms with Crippen molar-refractivity contribution in [2.45, 2.75) is 45.1 Å². The van der Waals surface area contributed by atoms with E-state index in [2.05, 4.69) is 52.0 Å². The maximum Gasteiger partial charge on any atom is 0.307 e. The lowest BCUT2D eigenvalue weighted by Crippen LogP contribution is -2.38. The van der Waals surface area contributed by atoms with Crippen LogP contribution in [0.2, 0.25) is 0 Å². The van der Waals surface area contributed by atoms with Gasteiger partial charge in [-0.25, -0.2) is 9.97 Å². The fraction of sp³-hybridized carbons (Fsp3) is 0.308. The molecule has 1 atom stereocenters. The van der Waals surface area contributed by atoms with Crippen LogP contribution in [-0.2, 0) is 21.4 Å². The van der Waals surface area contributed by atoms with Gasteiger partial charge in [-0.3, -0.25) is 9.59 Å². The first kappa shape index (κ1) is 24.6. The second kappa shape index (κ2) is 10.7. The number of aromatic nitrogens is 2. The number of nitrogens with one attached hydrogen (secondary N) is 1. The van der Waals surface area contributed by atoms with Gasteiger partial charge in [0.2, 0.25) is 0 Å². The molecular weight excluding hydrogens is 482 g/mol. The van der Waals surface area contributed by atoms with Crippen molar-refractivity contribution in [3.63, 3.8) is 0 Å². The summed E-state index contributed by atoms with van der Waals surface area (Å²) in [7, 11) is 1.35. The average Bonchev–Trinajstić information content (AvgIpc) is 2.79. The van der Waals surface area contributed by atoms with Crippen molar-refractivity contribution < 1.29 is 14.3 Å². The SMILES string of the molecule is COC(=O)CC(Cc1ccc(-c2ncc(Br)cn2)cc1)NC(=O)c1ccc(C(C)(C)C)cc1. The highest BCUT2D eigenvalue weighted by Gasteiger charge is 2.20. The summed E-state index contributed by atoms with van der Waals surface area (Å²) in [5.74, 6) is 0.0374. The Balaban J connectivity index is 1.72. The van der Waals surface area contributed by atoms with E-state index >= 15 is 0 Å². The van der Waals surface area contributed by atoms with Gasteiger partial charge >= 0.3 is 5.97 Å². The van der Waals surface area contributed by atoms with E-state index in [0.717, 1.165) is 21.2 Å². The molecule has 0 saturated heterocycles. The highest BCUT2D eigenvalue weighted by molar-refractivity contribution is 9.10. The summed E-state index contributed by atoms with van der Waals surface area (Å²) >= 11 is 3.33. The van der Waals surface area contributed by atoms with Gasteiger partial charge < -0.3 is 10.1 Å². The smallest absolute Gasteiger partial charge is 0.307 e. The second-order valence-electron chi connectivity index (χ2n) is 8.90. The third kappa shape index (κ3) is 6.96. The number of amides is 1. The number of carbonyl (C=O) groups is 2. The van der Waals surface area contributed by atoms with Crippen LogP contribution < -0.4 is 5.32 Å². The molecule has 1 unspecified atom stereocenters. The van der Waals surface area contributed by atoms with Crippen LogP contribution >= 0.6 is 15.9 Å². The van der Waals surface area contributed by atoms with Gasteiger partial charge in [0, 0.05) is 29.6 Å². The number of esters is 1. The lowest BCUT2D eigenvalue weighted by Gasteiger charge is -2.20. The van der Waals surface area contributed by atoms with E-state index in [1.165, 1.54) is 7.11 Å². The summed E-state index contributed by atoms with van der Waals surface area (Å²) in [6.07, 6.45) is 3.97. The summed E-state index contributed by atoms with van der Waals surface area (Å²) < 4.78 is 5.65. The van der Waals surface area contributed by atoms with Crippen LogP contribution in [0.1, 0.15) is 48.7 Å². The molecule has 0 spiro atoms.